The number of carbonyl (C=O) groups excluding carboxylic acids is 3. The summed E-state index contributed by atoms with van der Waals surface area (Å²) in [6, 6.07) is 48.3. The van der Waals surface area contributed by atoms with E-state index in [4.69, 9.17) is 31.7 Å². The molecule has 5 aliphatic carbocycles. The zero-order valence-corrected chi connectivity index (χ0v) is 109. The van der Waals surface area contributed by atoms with Crippen LogP contribution >= 0.6 is 55.5 Å². The third kappa shape index (κ3) is 67.3. The maximum absolute atomic E-state index is 13.2. The van der Waals surface area contributed by atoms with Gasteiger partial charge in [0.1, 0.15) is 11.5 Å². The van der Waals surface area contributed by atoms with Crippen molar-refractivity contribution >= 4 is 135 Å². The Hall–Kier alpha value is -0.866. The second-order valence-electron chi connectivity index (χ2n) is 28.8. The first-order valence-corrected chi connectivity index (χ1v) is 57.8. The van der Waals surface area contributed by atoms with Crippen LogP contribution in [0.25, 0.3) is 31.6 Å². The first-order chi connectivity index (χ1) is 63.2. The second-order valence-corrected chi connectivity index (χ2v) is 45.6. The number of aromatic nitrogens is 7. The van der Waals surface area contributed by atoms with E-state index >= 15 is 0 Å². The van der Waals surface area contributed by atoms with Gasteiger partial charge in [0, 0.05) is 150 Å². The Bertz CT molecular complexity index is 4940. The summed E-state index contributed by atoms with van der Waals surface area (Å²) in [5, 5.41) is 54.3. The summed E-state index contributed by atoms with van der Waals surface area (Å²) in [6.07, 6.45) is 36.0. The number of halogens is 8. The Kier molecular flexibility index (Phi) is 101. The number of nitrogens with zero attached hydrogens (tertiary/aromatic N) is 7. The van der Waals surface area contributed by atoms with Gasteiger partial charge in [-0.25, -0.2) is 34.9 Å². The monoisotopic (exact) mass is 2890 g/mol. The molecule has 11 aromatic rings. The maximum Gasteiger partial charge on any atom is 1.00 e. The van der Waals surface area contributed by atoms with Crippen LogP contribution in [0.4, 0.5) is 39.2 Å². The number of hydrogen-bond acceptors (Lipinski definition) is 21. The first kappa shape index (κ1) is 148. The smallest absolute Gasteiger partial charge is 1.00 e. The average molecular weight is 2890 g/mol. The summed E-state index contributed by atoms with van der Waals surface area (Å²) in [4.78, 5) is 59.9. The number of pyridine rings is 5. The van der Waals surface area contributed by atoms with Gasteiger partial charge < -0.3 is 90.3 Å². The maximum atomic E-state index is 13.2. The van der Waals surface area contributed by atoms with E-state index in [0.29, 0.717) is 58.6 Å². The molecule has 16 rings (SSSR count). The zero-order valence-electron chi connectivity index (χ0n) is 82.1. The van der Waals surface area contributed by atoms with Crippen molar-refractivity contribution in [3.05, 3.63) is 305 Å². The molecule has 5 unspecified atom stereocenters. The molecule has 0 amide bonds. The molecular formula is C101H129BBrCeCl3Cs2F4N9NaO10PdPt2S2-6. The first-order valence-electron chi connectivity index (χ1n) is 43.5. The SMILES string of the molecule is Fc1ncccc1Br.O=C1C=C(c2cccnc2F)CC1.O=C1C=CCC1.O=CO[O-].OC1C=C(c2cccnc2F)CC1.OC1CCC(c2cccnc2F)C1.OC1CCC(c2cccnc2Oc2ccc(Nc3nc4ccccc4s3)cc2)C1.Oc1ccc(Nc2nc3ccccc3s2)cc1.[B].[CH2-]CCC.[CH2-]CCC.[CH2-]CCC.[CH2-]CCC.[CH2-]CCC.[CH2-]CCC.[Cl][Ce]([Cl])[Cl].[Cs+].[Cs+].[H-].[H-].[HH].[Na+].[Pd].[Pt].[Pt]. The molecule has 0 aliphatic heterocycles. The minimum absolute atomic E-state index is 0. The van der Waals surface area contributed by atoms with Crippen molar-refractivity contribution in [3.8, 4) is 17.4 Å². The van der Waals surface area contributed by atoms with Crippen molar-refractivity contribution in [2.75, 3.05) is 10.6 Å². The molecule has 752 valence electrons. The van der Waals surface area contributed by atoms with E-state index in [0.717, 1.165) is 154 Å². The Balaban J connectivity index is -0.000000199. The number of unbranched alkanes of at least 4 members (excludes halogenated alkanes) is 6. The number of nitrogens with one attached hydrogen (secondary N) is 2. The average Bonchev–Trinajstić information content (AvgIpc) is 1.37. The van der Waals surface area contributed by atoms with Crippen LogP contribution in [-0.2, 0) is 81.8 Å². The molecule has 0 saturated heterocycles. The molecule has 6 N–H and O–H groups in total. The molecule has 7 heterocycles. The van der Waals surface area contributed by atoms with E-state index in [2.05, 4.69) is 162 Å². The van der Waals surface area contributed by atoms with Gasteiger partial charge in [-0.05, 0) is 237 Å². The zero-order chi connectivity index (χ0) is 96.9. The molecule has 5 atom stereocenters. The van der Waals surface area contributed by atoms with Gasteiger partial charge in [-0.3, -0.25) is 14.4 Å². The van der Waals surface area contributed by atoms with Gasteiger partial charge in [-0.1, -0.05) is 151 Å². The molecule has 2 fully saturated rings. The molecule has 3 radical (unpaired) electrons. The van der Waals surface area contributed by atoms with Gasteiger partial charge in [-0.2, -0.15) is 56.1 Å². The molecule has 5 aliphatic rings. The molecule has 19 nitrogen and oxygen atoms in total. The van der Waals surface area contributed by atoms with Crippen molar-refractivity contribution in [2.24, 2.45) is 0 Å². The van der Waals surface area contributed by atoms with Crippen molar-refractivity contribution in [3.63, 3.8) is 0 Å². The molecule has 0 spiro atoms. The van der Waals surface area contributed by atoms with Crippen LogP contribution in [0.1, 0.15) is 234 Å². The summed E-state index contributed by atoms with van der Waals surface area (Å²) in [5.41, 5.74) is 23.2. The molecular weight excluding hydrogens is 2760 g/mol. The predicted octanol–water partition coefficient (Wildman–Crippen LogP) is 19.4. The van der Waals surface area contributed by atoms with Gasteiger partial charge in [0.2, 0.25) is 29.7 Å². The van der Waals surface area contributed by atoms with Gasteiger partial charge in [-0.15, -0.1) is 0 Å². The van der Waals surface area contributed by atoms with Crippen LogP contribution in [-0.4, -0.2) is 100 Å². The normalized spacial score (nSPS) is 14.5. The Morgan fingerprint density at radius 1 is 0.529 bits per heavy atom. The van der Waals surface area contributed by atoms with Crippen LogP contribution in [0.2, 0.25) is 0 Å². The van der Waals surface area contributed by atoms with E-state index in [1.165, 1.54) is 69.4 Å². The molecule has 2 saturated carbocycles. The molecule has 0 bridgehead atoms. The van der Waals surface area contributed by atoms with Crippen LogP contribution in [0.15, 0.2) is 217 Å². The van der Waals surface area contributed by atoms with Gasteiger partial charge >= 0.3 is 215 Å². The summed E-state index contributed by atoms with van der Waals surface area (Å²) >= 11 is 3.96. The number of phenolic OH excluding ortho intramolecular Hbond substituents is 1. The number of ketones is 2. The van der Waals surface area contributed by atoms with E-state index in [1.54, 1.807) is 102 Å². The molecule has 37 heteroatoms. The number of ether oxygens (including phenoxy) is 1. The number of aromatic hydroxyl groups is 1. The number of allylic oxidation sites excluding steroid dienone is 5. The third-order valence-electron chi connectivity index (χ3n) is 18.3. The molecule has 4 aromatic carbocycles. The Morgan fingerprint density at radius 2 is 0.913 bits per heavy atom. The number of thiazole rings is 2. The standard InChI is InChI=1S/C23H21N3O2S.C13H10N2OS.C10H12FNO.C10H10FNO.C10H8FNO.C5H3BrFN.C5H6O.6C4H9.CH2O3.B.Ce.3ClH.2Cs.Na.Pd.2Pt.H2.2H/c27-17-10-7-15(14-17)19-4-3-13-24-22(19)28-18-11-8-16(9-12-18)25-23-26-20-5-1-2-6-21(20)29-23;16-10-7-5-9(6-8-10)14-13-15-11-3-1-2-4-12(11)17-13;3*11-10-9(2-1-5-12-10)7-3-4-8(13)6-7;6-4-2-1-3-8-5(4)7;6-5-3-1-2-4-5;6*1-3-4-2;2-1-4-3;;;;;;;;;;;;;;/h1-6,8-9,11-13,15,17,27H,7,10,14H2,(H,25,26);1-8,16H,(H,14,15);1-2,5,7-8,13H,3-4,6H2;1-2,5-6,8,13H,3-4H2;1-2,5-6H,3-4H2;1-3H;1,3H,2,4H2;6*1,3-4H2,2H3;1,3H;;;3*1H;;;;;;;1H;;/q;;;;;;;6*-1;;;+3;;;;3*+1;;;;;2*-1/p-4. The summed E-state index contributed by atoms with van der Waals surface area (Å²) in [7, 11) is 0. The van der Waals surface area contributed by atoms with Gasteiger partial charge in [0.15, 0.2) is 21.8 Å². The van der Waals surface area contributed by atoms with E-state index < -0.39 is 54.6 Å². The molecule has 138 heavy (non-hydrogen) atoms. The minimum atomic E-state index is -2.24. The van der Waals surface area contributed by atoms with Gasteiger partial charge in [0.25, 0.3) is 6.47 Å². The van der Waals surface area contributed by atoms with E-state index in [1.807, 2.05) is 91.0 Å². The van der Waals surface area contributed by atoms with Crippen molar-refractivity contribution < 1.29 is 332 Å². The Morgan fingerprint density at radius 3 is 1.24 bits per heavy atom. The topological polar surface area (TPSA) is 288 Å². The van der Waals surface area contributed by atoms with Crippen LogP contribution in [0, 0.1) is 96.0 Å². The van der Waals surface area contributed by atoms with Crippen LogP contribution < -0.4 is 188 Å². The number of anilines is 4. The van der Waals surface area contributed by atoms with Gasteiger partial charge in [0.05, 0.1) is 43.2 Å². The number of fused-ring (bicyclic) bond motifs is 2. The fourth-order valence-corrected chi connectivity index (χ4v) is 13.2. The molecule has 7 aromatic heterocycles. The van der Waals surface area contributed by atoms with Crippen molar-refractivity contribution in [2.45, 2.75) is 226 Å². The number of benzene rings is 4. The number of hydrogen-bond donors (Lipinski definition) is 6. The van der Waals surface area contributed by atoms with Crippen LogP contribution in [0.3, 0.4) is 0 Å². The van der Waals surface area contributed by atoms with Crippen molar-refractivity contribution in [1.29, 1.82) is 0 Å². The largest absolute Gasteiger partial charge is 1.00 e. The quantitative estimate of drug-likeness (QED) is 0.00722. The minimum Gasteiger partial charge on any atom is -1.00 e. The van der Waals surface area contributed by atoms with E-state index in [-0.39, 0.29) is 290 Å². The van der Waals surface area contributed by atoms with Crippen LogP contribution in [0.5, 0.6) is 17.4 Å². The number of phenols is 1. The fourth-order valence-electron chi connectivity index (χ4n) is 11.2. The number of para-hydroxylation sites is 2. The number of aliphatic hydroxyl groups is 3. The third-order valence-corrected chi connectivity index (χ3v) is 20.8. The van der Waals surface area contributed by atoms with E-state index in [9.17, 15) is 47.6 Å². The van der Waals surface area contributed by atoms with Crippen molar-refractivity contribution in [1.82, 2.24) is 34.9 Å². The summed E-state index contributed by atoms with van der Waals surface area (Å²) in [5.74, 6) is 0.614. The summed E-state index contributed by atoms with van der Waals surface area (Å²) in [6.45, 7) is 34.2. The Labute approximate surface area is 1040 Å². The number of aliphatic hydroxyl groups excluding tert-OH is 3. The number of rotatable bonds is 17. The summed E-state index contributed by atoms with van der Waals surface area (Å²) < 4.78 is 60.4. The predicted molar refractivity (Wildman–Crippen MR) is 540 cm³/mol. The number of carbonyl (C=O) groups is 3. The second kappa shape index (κ2) is 94.6. The fraction of sp³-hybridized carbons (Fsp3) is 0.347.